The normalized spacial score (nSPS) is 19.8. The molecule has 0 aliphatic carbocycles. The van der Waals surface area contributed by atoms with Crippen molar-refractivity contribution in [3.8, 4) is 0 Å². The van der Waals surface area contributed by atoms with E-state index < -0.39 is 0 Å². The molecule has 4 N–H and O–H groups in total. The van der Waals surface area contributed by atoms with Crippen molar-refractivity contribution < 1.29 is 33.2 Å². The van der Waals surface area contributed by atoms with Crippen LogP contribution in [0.5, 0.6) is 0 Å². The van der Waals surface area contributed by atoms with Crippen LogP contribution in [0.15, 0.2) is 0 Å². The SMILES string of the molecule is CC(C)(C)NCCN1CCCN(CCOC(C)(C)C)CC1.CC(C)(C)NCCN1CCN(CCOC(C)(C)C)CC1.CC(C)(C)NCCN1CCN(CCOC(C)(C)C)CC1.CC(C)(C)NCN1CCN(CCOC(C)(C)C)CC1.CC(C)(C)OCCN1CCCN(CCOC(C)(C)C)CC1.CC(C)(C)OCCN1CCN(C(C)(C)C)CC1. The summed E-state index contributed by atoms with van der Waals surface area (Å²) in [5.74, 6) is 0. The molecule has 0 amide bonds. The molecule has 0 spiro atoms. The van der Waals surface area contributed by atoms with Crippen LogP contribution < -0.4 is 21.3 Å². The smallest absolute Gasteiger partial charge is 0.0600 e. The summed E-state index contributed by atoms with van der Waals surface area (Å²) < 4.78 is 40.6. The highest BCUT2D eigenvalue weighted by atomic mass is 16.5. The van der Waals surface area contributed by atoms with Crippen LogP contribution in [0.2, 0.25) is 0 Å². The second-order valence-electron chi connectivity index (χ2n) is 46.2. The van der Waals surface area contributed by atoms with Crippen molar-refractivity contribution in [3.63, 3.8) is 0 Å². The van der Waals surface area contributed by atoms with Crippen LogP contribution in [-0.2, 0) is 33.2 Å². The Morgan fingerprint density at radius 3 is 0.500 bits per heavy atom. The minimum absolute atomic E-state index is 0.00671. The lowest BCUT2D eigenvalue weighted by Crippen LogP contribution is -2.53. The van der Waals surface area contributed by atoms with Gasteiger partial charge in [0.05, 0.1) is 85.5 Å². The molecule has 6 heterocycles. The van der Waals surface area contributed by atoms with E-state index in [9.17, 15) is 0 Å². The predicted octanol–water partition coefficient (Wildman–Crippen LogP) is 12.4. The zero-order valence-electron chi connectivity index (χ0n) is 85.5. The zero-order chi connectivity index (χ0) is 89.9. The van der Waals surface area contributed by atoms with Crippen molar-refractivity contribution in [3.05, 3.63) is 0 Å². The first-order valence-corrected chi connectivity index (χ1v) is 47.2. The number of piperazine rings is 4. The van der Waals surface area contributed by atoms with Crippen LogP contribution in [-0.4, -0.2) is 421 Å². The number of rotatable bonds is 32. The van der Waals surface area contributed by atoms with E-state index in [-0.39, 0.29) is 61.4 Å². The summed E-state index contributed by atoms with van der Waals surface area (Å²) in [5.41, 5.74) is 1.08. The highest BCUT2D eigenvalue weighted by molar-refractivity contribution is 4.85. The standard InChI is InChI=1S/C17H37N3O.C17H36N2O2.2C16H35N3O.C15H33N3O.C14H30N2O/c1-16(2,3)18-8-11-19-9-7-10-20(13-12-19)14-15-21-17(4,5)6;1-16(2,3)20-14-12-18-8-7-9-19(11-10-18)13-15-21-17(4,5)6;2*1-15(2,3)17-7-8-18-9-11-19(12-10-18)13-14-20-16(4,5)6;1-14(2,3)16-13-18-9-7-17(8-10-18)11-12-19-15(4,5)6;1-13(2,3)16-9-7-15(8-10-16)11-12-17-14(4,5)6/h18H,7-15H2,1-6H3;7-15H2,1-6H3;2*17H,7-14H2,1-6H3;16H,7-13H2,1-6H3;7-12H2,1-6H3. The fraction of sp³-hybridized carbons (Fsp3) is 1.00. The molecule has 23 nitrogen and oxygen atoms in total. The van der Waals surface area contributed by atoms with Gasteiger partial charge in [-0.25, -0.2) is 0 Å². The van der Waals surface area contributed by atoms with E-state index in [1.807, 2.05) is 0 Å². The van der Waals surface area contributed by atoms with Gasteiger partial charge in [-0.1, -0.05) is 0 Å². The van der Waals surface area contributed by atoms with Crippen LogP contribution >= 0.6 is 0 Å². The predicted molar refractivity (Wildman–Crippen MR) is 507 cm³/mol. The van der Waals surface area contributed by atoms with E-state index in [4.69, 9.17) is 33.2 Å². The first-order chi connectivity index (χ1) is 54.0. The van der Waals surface area contributed by atoms with Crippen LogP contribution in [0.3, 0.4) is 0 Å². The molecule has 6 aliphatic rings. The van der Waals surface area contributed by atoms with Crippen LogP contribution in [0.1, 0.15) is 262 Å². The first-order valence-electron chi connectivity index (χ1n) is 47.2. The van der Waals surface area contributed by atoms with Gasteiger partial charge in [0, 0.05) is 250 Å². The molecule has 6 saturated heterocycles. The molecule has 6 aliphatic heterocycles. The van der Waals surface area contributed by atoms with Gasteiger partial charge in [0.15, 0.2) is 0 Å². The van der Waals surface area contributed by atoms with Gasteiger partial charge in [-0.15, -0.1) is 0 Å². The Hall–Kier alpha value is -0.920. The summed E-state index contributed by atoms with van der Waals surface area (Å²) in [5, 5.41) is 14.2. The van der Waals surface area contributed by atoms with Crippen LogP contribution in [0.25, 0.3) is 0 Å². The quantitative estimate of drug-likeness (QED) is 0.0505. The minimum Gasteiger partial charge on any atom is -0.375 e. The summed E-state index contributed by atoms with van der Waals surface area (Å²) >= 11 is 0. The lowest BCUT2D eigenvalue weighted by molar-refractivity contribution is -0.0220. The van der Waals surface area contributed by atoms with Crippen molar-refractivity contribution in [1.29, 1.82) is 0 Å². The van der Waals surface area contributed by atoms with Gasteiger partial charge in [-0.2, -0.15) is 0 Å². The number of hydrogen-bond acceptors (Lipinski definition) is 23. The maximum absolute atomic E-state index is 5.84. The van der Waals surface area contributed by atoms with Crippen LogP contribution in [0, 0.1) is 0 Å². The summed E-state index contributed by atoms with van der Waals surface area (Å²) in [6.07, 6.45) is 2.51. The Labute approximate surface area is 733 Å². The second kappa shape index (κ2) is 56.4. The molecule has 0 bridgehead atoms. The average molecular weight is 1680 g/mol. The third kappa shape index (κ3) is 73.2. The van der Waals surface area contributed by atoms with E-state index in [0.29, 0.717) is 5.54 Å². The van der Waals surface area contributed by atoms with Crippen molar-refractivity contribution in [2.24, 2.45) is 0 Å². The van der Waals surface area contributed by atoms with E-state index >= 15 is 0 Å². The van der Waals surface area contributed by atoms with E-state index in [2.05, 4.69) is 329 Å². The minimum atomic E-state index is -0.0256. The van der Waals surface area contributed by atoms with Crippen molar-refractivity contribution in [2.75, 3.05) is 295 Å². The molecule has 23 heteroatoms. The second-order valence-corrected chi connectivity index (χ2v) is 46.2. The molecular formula is C95H206N16O7. The maximum atomic E-state index is 5.84. The molecule has 0 atom stereocenters. The Balaban J connectivity index is 0.000000709. The van der Waals surface area contributed by atoms with Crippen molar-refractivity contribution in [1.82, 2.24) is 80.1 Å². The highest BCUT2D eigenvalue weighted by Gasteiger charge is 2.28. The van der Waals surface area contributed by atoms with E-state index in [1.165, 1.54) is 131 Å². The molecule has 0 saturated carbocycles. The van der Waals surface area contributed by atoms with Gasteiger partial charge < -0.3 is 54.0 Å². The topological polar surface area (TPSA) is 152 Å². The van der Waals surface area contributed by atoms with E-state index in [1.54, 1.807) is 0 Å². The summed E-state index contributed by atoms with van der Waals surface area (Å²) in [6, 6.07) is 0. The van der Waals surface area contributed by atoms with Crippen molar-refractivity contribution in [2.45, 2.75) is 329 Å². The molecular weight excluding hydrogens is 1480 g/mol. The van der Waals surface area contributed by atoms with Gasteiger partial charge >= 0.3 is 0 Å². The first kappa shape index (κ1) is 115. The van der Waals surface area contributed by atoms with Gasteiger partial charge in [0.2, 0.25) is 0 Å². The highest BCUT2D eigenvalue weighted by Crippen LogP contribution is 2.19. The fourth-order valence-electron chi connectivity index (χ4n) is 13.7. The Bertz CT molecular complexity index is 2180. The Morgan fingerprint density at radius 2 is 0.331 bits per heavy atom. The third-order valence-electron chi connectivity index (χ3n) is 20.8. The number of nitrogens with one attached hydrogen (secondary N) is 4. The Kier molecular flexibility index (Phi) is 55.0. The lowest BCUT2D eigenvalue weighted by Gasteiger charge is -2.42. The van der Waals surface area contributed by atoms with Crippen LogP contribution in [0.4, 0.5) is 0 Å². The van der Waals surface area contributed by atoms with Gasteiger partial charge in [0.1, 0.15) is 0 Å². The van der Waals surface area contributed by atoms with Gasteiger partial charge in [0.25, 0.3) is 0 Å². The molecule has 6 fully saturated rings. The third-order valence-corrected chi connectivity index (χ3v) is 20.8. The summed E-state index contributed by atoms with van der Waals surface area (Å²) in [6.45, 7) is 127. The lowest BCUT2D eigenvalue weighted by atomic mass is 10.1. The molecule has 0 unspecified atom stereocenters. The number of hydrogen-bond donors (Lipinski definition) is 4. The maximum Gasteiger partial charge on any atom is 0.0600 e. The van der Waals surface area contributed by atoms with E-state index in [0.717, 1.165) is 177 Å². The number of nitrogens with zero attached hydrogens (tertiary/aromatic N) is 12. The average Bonchev–Trinajstić information content (AvgIpc) is 0.966. The summed E-state index contributed by atoms with van der Waals surface area (Å²) in [4.78, 5) is 30.4. The Morgan fingerprint density at radius 1 is 0.178 bits per heavy atom. The van der Waals surface area contributed by atoms with Crippen molar-refractivity contribution >= 4 is 0 Å². The molecule has 6 rings (SSSR count). The monoisotopic (exact) mass is 1680 g/mol. The molecule has 118 heavy (non-hydrogen) atoms. The molecule has 0 aromatic rings. The summed E-state index contributed by atoms with van der Waals surface area (Å²) in [7, 11) is 0. The van der Waals surface area contributed by atoms with Gasteiger partial charge in [-0.05, 0) is 288 Å². The fourth-order valence-corrected chi connectivity index (χ4v) is 13.7. The van der Waals surface area contributed by atoms with Gasteiger partial charge in [-0.3, -0.25) is 59.2 Å². The largest absolute Gasteiger partial charge is 0.375 e. The molecule has 708 valence electrons. The molecule has 0 aromatic heterocycles. The zero-order valence-corrected chi connectivity index (χ0v) is 85.5. The number of ether oxygens (including phenoxy) is 7. The molecule has 0 radical (unpaired) electrons. The molecule has 0 aromatic carbocycles.